The van der Waals surface area contributed by atoms with Crippen LogP contribution in [0.15, 0.2) is 12.2 Å². The number of aliphatic hydroxyl groups is 1. The molecule has 0 atom stereocenters. The minimum absolute atomic E-state index is 0.219. The van der Waals surface area contributed by atoms with Crippen molar-refractivity contribution in [2.45, 2.75) is 26.2 Å². The van der Waals surface area contributed by atoms with Crippen LogP contribution < -0.4 is 0 Å². The summed E-state index contributed by atoms with van der Waals surface area (Å²) in [4.78, 5) is 0. The van der Waals surface area contributed by atoms with E-state index in [1.165, 1.54) is 0 Å². The highest BCUT2D eigenvalue weighted by Gasteiger charge is 1.85. The highest BCUT2D eigenvalue weighted by molar-refractivity contribution is 4.80. The van der Waals surface area contributed by atoms with Gasteiger partial charge in [-0.1, -0.05) is 19.1 Å². The molecule has 0 heterocycles. The lowest BCUT2D eigenvalue weighted by Gasteiger charge is -2.02. The van der Waals surface area contributed by atoms with Crippen LogP contribution in [-0.2, 0) is 9.47 Å². The maximum atomic E-state index is 8.46. The molecular formula is C10H20O3. The first-order chi connectivity index (χ1) is 6.41. The molecule has 0 unspecified atom stereocenters. The second kappa shape index (κ2) is 11.6. The van der Waals surface area contributed by atoms with Gasteiger partial charge in [-0.05, 0) is 19.3 Å². The van der Waals surface area contributed by atoms with Crippen molar-refractivity contribution in [3.63, 3.8) is 0 Å². The fourth-order valence-electron chi connectivity index (χ4n) is 0.783. The van der Waals surface area contributed by atoms with Gasteiger partial charge in [-0.2, -0.15) is 0 Å². The molecule has 0 aromatic carbocycles. The van der Waals surface area contributed by atoms with E-state index in [2.05, 4.69) is 6.92 Å². The second-order valence-electron chi connectivity index (χ2n) is 2.71. The van der Waals surface area contributed by atoms with Crippen LogP contribution in [0, 0.1) is 0 Å². The van der Waals surface area contributed by atoms with Gasteiger partial charge in [0.1, 0.15) is 6.79 Å². The Labute approximate surface area is 80.4 Å². The van der Waals surface area contributed by atoms with E-state index in [4.69, 9.17) is 14.6 Å². The Balaban J connectivity index is 2.91. The molecule has 0 saturated heterocycles. The summed E-state index contributed by atoms with van der Waals surface area (Å²) >= 11 is 0. The van der Waals surface area contributed by atoms with E-state index in [1.54, 1.807) is 0 Å². The number of rotatable bonds is 9. The quantitative estimate of drug-likeness (QED) is 0.340. The number of hydrogen-bond donors (Lipinski definition) is 1. The normalized spacial score (nSPS) is 11.2. The molecule has 0 spiro atoms. The maximum Gasteiger partial charge on any atom is 0.146 e. The predicted molar refractivity (Wildman–Crippen MR) is 52.5 cm³/mol. The highest BCUT2D eigenvalue weighted by atomic mass is 16.7. The third kappa shape index (κ3) is 11.6. The zero-order chi connectivity index (χ0) is 9.78. The van der Waals surface area contributed by atoms with Crippen molar-refractivity contribution in [1.82, 2.24) is 0 Å². The van der Waals surface area contributed by atoms with Crippen LogP contribution in [0.3, 0.4) is 0 Å². The van der Waals surface area contributed by atoms with Gasteiger partial charge in [0.25, 0.3) is 0 Å². The zero-order valence-corrected chi connectivity index (χ0v) is 8.37. The van der Waals surface area contributed by atoms with Crippen LogP contribution in [0.2, 0.25) is 0 Å². The molecule has 78 valence electrons. The summed E-state index contributed by atoms with van der Waals surface area (Å²) in [5.74, 6) is 0. The molecule has 0 aliphatic heterocycles. The molecule has 0 radical (unpaired) electrons. The van der Waals surface area contributed by atoms with Crippen molar-refractivity contribution < 1.29 is 14.6 Å². The van der Waals surface area contributed by atoms with Gasteiger partial charge in [0.2, 0.25) is 0 Å². The molecule has 0 aliphatic rings. The van der Waals surface area contributed by atoms with Gasteiger partial charge in [-0.3, -0.25) is 0 Å². The van der Waals surface area contributed by atoms with Crippen molar-refractivity contribution in [2.24, 2.45) is 0 Å². The molecule has 3 heteroatoms. The minimum Gasteiger partial charge on any atom is -0.396 e. The van der Waals surface area contributed by atoms with E-state index >= 15 is 0 Å². The van der Waals surface area contributed by atoms with Gasteiger partial charge in [-0.25, -0.2) is 0 Å². The maximum absolute atomic E-state index is 8.46. The molecule has 13 heavy (non-hydrogen) atoms. The predicted octanol–water partition coefficient (Wildman–Crippen LogP) is 1.72. The lowest BCUT2D eigenvalue weighted by molar-refractivity contribution is -0.0519. The first-order valence-corrected chi connectivity index (χ1v) is 4.83. The van der Waals surface area contributed by atoms with Crippen LogP contribution in [0.5, 0.6) is 0 Å². The topological polar surface area (TPSA) is 38.7 Å². The first-order valence-electron chi connectivity index (χ1n) is 4.83. The van der Waals surface area contributed by atoms with Crippen LogP contribution in [0.25, 0.3) is 0 Å². The summed E-state index contributed by atoms with van der Waals surface area (Å²) in [6.45, 7) is 4.13. The highest BCUT2D eigenvalue weighted by Crippen LogP contribution is 1.89. The summed E-state index contributed by atoms with van der Waals surface area (Å²) in [5, 5.41) is 8.46. The lowest BCUT2D eigenvalue weighted by atomic mass is 10.3. The monoisotopic (exact) mass is 188 g/mol. The molecule has 0 fully saturated rings. The van der Waals surface area contributed by atoms with Gasteiger partial charge in [0.05, 0.1) is 6.61 Å². The Morgan fingerprint density at radius 3 is 2.46 bits per heavy atom. The van der Waals surface area contributed by atoms with Gasteiger partial charge in [-0.15, -0.1) is 0 Å². The SMILES string of the molecule is CCCOCOCC/C=C\CCO. The standard InChI is InChI=1S/C10H20O3/c1-2-8-12-10-13-9-6-4-3-5-7-11/h3-4,11H,2,5-10H2,1H3/b4-3-. The zero-order valence-electron chi connectivity index (χ0n) is 8.37. The van der Waals surface area contributed by atoms with E-state index in [1.807, 2.05) is 12.2 Å². The van der Waals surface area contributed by atoms with E-state index in [0.29, 0.717) is 13.4 Å². The Bertz CT molecular complexity index is 113. The van der Waals surface area contributed by atoms with Crippen molar-refractivity contribution in [2.75, 3.05) is 26.6 Å². The first kappa shape index (κ1) is 12.6. The largest absolute Gasteiger partial charge is 0.396 e. The minimum atomic E-state index is 0.219. The molecule has 3 nitrogen and oxygen atoms in total. The van der Waals surface area contributed by atoms with Crippen LogP contribution in [-0.4, -0.2) is 31.7 Å². The Morgan fingerprint density at radius 1 is 1.08 bits per heavy atom. The molecule has 0 aliphatic carbocycles. The van der Waals surface area contributed by atoms with Crippen molar-refractivity contribution in [1.29, 1.82) is 0 Å². The number of ether oxygens (including phenoxy) is 2. The van der Waals surface area contributed by atoms with Crippen LogP contribution in [0.4, 0.5) is 0 Å². The van der Waals surface area contributed by atoms with Crippen molar-refractivity contribution in [3.8, 4) is 0 Å². The van der Waals surface area contributed by atoms with Gasteiger partial charge < -0.3 is 14.6 Å². The third-order valence-corrected chi connectivity index (χ3v) is 1.41. The summed E-state index contributed by atoms with van der Waals surface area (Å²) < 4.78 is 10.3. The molecule has 0 bridgehead atoms. The molecule has 0 rings (SSSR count). The summed E-state index contributed by atoms with van der Waals surface area (Å²) in [6.07, 6.45) is 6.61. The average Bonchev–Trinajstić information content (AvgIpc) is 2.16. The lowest BCUT2D eigenvalue weighted by Crippen LogP contribution is -2.01. The van der Waals surface area contributed by atoms with Crippen LogP contribution in [0.1, 0.15) is 26.2 Å². The smallest absolute Gasteiger partial charge is 0.146 e. The van der Waals surface area contributed by atoms with Gasteiger partial charge in [0, 0.05) is 13.2 Å². The molecule has 0 aromatic rings. The fraction of sp³-hybridized carbons (Fsp3) is 0.800. The van der Waals surface area contributed by atoms with Gasteiger partial charge in [0.15, 0.2) is 0 Å². The van der Waals surface area contributed by atoms with E-state index in [0.717, 1.165) is 25.9 Å². The van der Waals surface area contributed by atoms with Crippen molar-refractivity contribution >= 4 is 0 Å². The second-order valence-corrected chi connectivity index (χ2v) is 2.71. The van der Waals surface area contributed by atoms with E-state index in [9.17, 15) is 0 Å². The molecule has 0 saturated carbocycles. The Morgan fingerprint density at radius 2 is 1.77 bits per heavy atom. The number of hydrogen-bond acceptors (Lipinski definition) is 3. The van der Waals surface area contributed by atoms with Crippen LogP contribution >= 0.6 is 0 Å². The summed E-state index contributed by atoms with van der Waals surface area (Å²) in [5.41, 5.74) is 0. The van der Waals surface area contributed by atoms with E-state index < -0.39 is 0 Å². The molecule has 0 amide bonds. The summed E-state index contributed by atoms with van der Waals surface area (Å²) in [7, 11) is 0. The molecule has 1 N–H and O–H groups in total. The van der Waals surface area contributed by atoms with E-state index in [-0.39, 0.29) is 6.61 Å². The molecule has 0 aromatic heterocycles. The Hall–Kier alpha value is -0.380. The average molecular weight is 188 g/mol. The number of aliphatic hydroxyl groups excluding tert-OH is 1. The van der Waals surface area contributed by atoms with Crippen molar-refractivity contribution in [3.05, 3.63) is 12.2 Å². The third-order valence-electron chi connectivity index (χ3n) is 1.41. The summed E-state index contributed by atoms with van der Waals surface area (Å²) in [6, 6.07) is 0. The fourth-order valence-corrected chi connectivity index (χ4v) is 0.783. The van der Waals surface area contributed by atoms with Gasteiger partial charge >= 0.3 is 0 Å². The Kier molecular flexibility index (Phi) is 11.3. The molecular weight excluding hydrogens is 168 g/mol.